The van der Waals surface area contributed by atoms with Crippen LogP contribution in [0.4, 0.5) is 11.4 Å². The lowest BCUT2D eigenvalue weighted by Gasteiger charge is -2.22. The monoisotopic (exact) mass is 278 g/mol. The predicted molar refractivity (Wildman–Crippen MR) is 62.9 cm³/mol. The molecule has 0 atom stereocenters. The van der Waals surface area contributed by atoms with Crippen LogP contribution in [0.2, 0.25) is 0 Å². The summed E-state index contributed by atoms with van der Waals surface area (Å²) in [6, 6.07) is 6.64. The molecule has 0 spiro atoms. The molecule has 0 amide bonds. The molecule has 0 heterocycles. The fraction of sp³-hybridized carbons (Fsp3) is 0. The second-order valence-corrected chi connectivity index (χ2v) is 3.94. The Morgan fingerprint density at radius 3 is 1.30 bits per heavy atom. The maximum atomic E-state index is 11.8. The van der Waals surface area contributed by atoms with Crippen LogP contribution in [0.1, 0.15) is 0 Å². The Kier molecular flexibility index (Phi) is 3.63. The van der Waals surface area contributed by atoms with Gasteiger partial charge in [-0.2, -0.15) is 0 Å². The van der Waals surface area contributed by atoms with Crippen LogP contribution in [0.5, 0.6) is 11.5 Å². The van der Waals surface area contributed by atoms with E-state index in [2.05, 4.69) is 0 Å². The highest BCUT2D eigenvalue weighted by atomic mass is 16.8. The van der Waals surface area contributed by atoms with Crippen LogP contribution >= 0.6 is 0 Å². The predicted octanol–water partition coefficient (Wildman–Crippen LogP) is 0.670. The molecule has 2 aromatic rings. The average molecular weight is 278 g/mol. The molecule has 0 radical (unpaired) electrons. The van der Waals surface area contributed by atoms with E-state index >= 15 is 0 Å². The van der Waals surface area contributed by atoms with Crippen molar-refractivity contribution < 1.29 is 31.0 Å². The molecule has 0 fully saturated rings. The molecule has 0 unspecified atom stereocenters. The third-order valence-corrected chi connectivity index (χ3v) is 2.68. The number of benzene rings is 2. The fourth-order valence-electron chi connectivity index (χ4n) is 1.71. The van der Waals surface area contributed by atoms with Crippen molar-refractivity contribution in [2.24, 2.45) is 0 Å². The van der Waals surface area contributed by atoms with Gasteiger partial charge in [-0.3, -0.25) is 20.8 Å². The van der Waals surface area contributed by atoms with Crippen LogP contribution in [-0.4, -0.2) is 20.8 Å². The first-order chi connectivity index (χ1) is 9.40. The zero-order valence-electron chi connectivity index (χ0n) is 9.96. The first-order valence-electron chi connectivity index (χ1n) is 5.38. The molecule has 0 aliphatic rings. The summed E-state index contributed by atoms with van der Waals surface area (Å²) in [6.07, 6.45) is 0. The van der Waals surface area contributed by atoms with Gasteiger partial charge in [-0.05, 0) is 35.4 Å². The SMILES string of the molecule is [O-]c1ccc(N(O)O)cc1-c1cc(N(O)O)ccc1[O-]. The number of hydrogen-bond acceptors (Lipinski definition) is 8. The molecule has 2 aromatic carbocycles. The third-order valence-electron chi connectivity index (χ3n) is 2.68. The highest BCUT2D eigenvalue weighted by Gasteiger charge is 2.08. The van der Waals surface area contributed by atoms with Crippen molar-refractivity contribution in [2.75, 3.05) is 10.5 Å². The van der Waals surface area contributed by atoms with Crippen LogP contribution in [0, 0.1) is 0 Å². The summed E-state index contributed by atoms with van der Waals surface area (Å²) in [5.41, 5.74) is -0.419. The molecule has 0 saturated heterocycles. The average Bonchev–Trinajstić information content (AvgIpc) is 2.39. The second-order valence-electron chi connectivity index (χ2n) is 3.94. The van der Waals surface area contributed by atoms with Gasteiger partial charge >= 0.3 is 0 Å². The summed E-state index contributed by atoms with van der Waals surface area (Å²) in [7, 11) is 0. The van der Waals surface area contributed by atoms with Crippen molar-refractivity contribution in [3.05, 3.63) is 36.4 Å². The summed E-state index contributed by atoms with van der Waals surface area (Å²) >= 11 is 0. The molecule has 8 heteroatoms. The van der Waals surface area contributed by atoms with Gasteiger partial charge in [0.25, 0.3) is 0 Å². The molecule has 0 aromatic heterocycles. The third kappa shape index (κ3) is 2.58. The van der Waals surface area contributed by atoms with Crippen LogP contribution < -0.4 is 20.7 Å². The minimum absolute atomic E-state index is 0.0932. The minimum atomic E-state index is -0.521. The second kappa shape index (κ2) is 5.23. The first-order valence-corrected chi connectivity index (χ1v) is 5.38. The molecule has 106 valence electrons. The quantitative estimate of drug-likeness (QED) is 0.602. The number of rotatable bonds is 3. The molecular formula is C12H10N2O6-2. The molecule has 0 aliphatic carbocycles. The number of anilines is 2. The molecule has 0 bridgehead atoms. The van der Waals surface area contributed by atoms with E-state index in [0.29, 0.717) is 0 Å². The Labute approximate surface area is 113 Å². The lowest BCUT2D eigenvalue weighted by Crippen LogP contribution is -2.12. The number of nitrogens with zero attached hydrogens (tertiary/aromatic N) is 2. The lowest BCUT2D eigenvalue weighted by molar-refractivity contribution is -0.270. The zero-order chi connectivity index (χ0) is 14.9. The molecule has 4 N–H and O–H groups in total. The topological polar surface area (TPSA) is 134 Å². The van der Waals surface area contributed by atoms with Crippen LogP contribution in [-0.2, 0) is 0 Å². The van der Waals surface area contributed by atoms with Gasteiger partial charge in [0.1, 0.15) is 0 Å². The van der Waals surface area contributed by atoms with E-state index in [1.54, 1.807) is 0 Å². The van der Waals surface area contributed by atoms with Gasteiger partial charge < -0.3 is 10.2 Å². The van der Waals surface area contributed by atoms with Crippen molar-refractivity contribution in [2.45, 2.75) is 0 Å². The Balaban J connectivity index is 2.61. The van der Waals surface area contributed by atoms with Crippen molar-refractivity contribution in [3.8, 4) is 22.6 Å². The Morgan fingerprint density at radius 2 is 1.00 bits per heavy atom. The van der Waals surface area contributed by atoms with E-state index in [4.69, 9.17) is 20.8 Å². The van der Waals surface area contributed by atoms with Gasteiger partial charge in [-0.25, -0.2) is 0 Å². The van der Waals surface area contributed by atoms with Gasteiger partial charge in [0.15, 0.2) is 0 Å². The van der Waals surface area contributed by atoms with Crippen molar-refractivity contribution in [3.63, 3.8) is 0 Å². The van der Waals surface area contributed by atoms with E-state index < -0.39 is 11.5 Å². The van der Waals surface area contributed by atoms with Gasteiger partial charge in [0.2, 0.25) is 0 Å². The van der Waals surface area contributed by atoms with Crippen LogP contribution in [0.3, 0.4) is 0 Å². The highest BCUT2D eigenvalue weighted by Crippen LogP contribution is 2.37. The molecular weight excluding hydrogens is 268 g/mol. The molecule has 8 nitrogen and oxygen atoms in total. The van der Waals surface area contributed by atoms with E-state index in [9.17, 15) is 10.2 Å². The molecule has 20 heavy (non-hydrogen) atoms. The Bertz CT molecular complexity index is 574. The molecule has 0 aliphatic heterocycles. The minimum Gasteiger partial charge on any atom is -0.872 e. The van der Waals surface area contributed by atoms with Crippen LogP contribution in [0.25, 0.3) is 11.1 Å². The summed E-state index contributed by atoms with van der Waals surface area (Å²) in [6.45, 7) is 0. The van der Waals surface area contributed by atoms with Gasteiger partial charge in [0, 0.05) is 0 Å². The fourth-order valence-corrected chi connectivity index (χ4v) is 1.71. The van der Waals surface area contributed by atoms with Gasteiger partial charge in [0.05, 0.1) is 11.4 Å². The summed E-state index contributed by atoms with van der Waals surface area (Å²) in [4.78, 5) is 0. The molecule has 0 saturated carbocycles. The van der Waals surface area contributed by atoms with Crippen molar-refractivity contribution in [1.29, 1.82) is 0 Å². The van der Waals surface area contributed by atoms with E-state index in [1.165, 1.54) is 0 Å². The van der Waals surface area contributed by atoms with E-state index in [1.807, 2.05) is 0 Å². The van der Waals surface area contributed by atoms with Gasteiger partial charge in [-0.15, -0.1) is 22.0 Å². The summed E-state index contributed by atoms with van der Waals surface area (Å²) in [5.74, 6) is -1.04. The smallest absolute Gasteiger partial charge is 0.0948 e. The standard InChI is InChI=1S/C12H12N2O6/c15-11-3-1-7(13(17)18)5-9(11)10-6-8(14(19)20)2-4-12(10)16/h1-6,15-20H/p-2. The summed E-state index contributed by atoms with van der Waals surface area (Å²) in [5, 5.41) is 58.8. The van der Waals surface area contributed by atoms with Crippen molar-refractivity contribution >= 4 is 11.4 Å². The first kappa shape index (κ1) is 13.9. The maximum absolute atomic E-state index is 11.8. The molecule has 2 rings (SSSR count). The van der Waals surface area contributed by atoms with E-state index in [0.717, 1.165) is 36.4 Å². The zero-order valence-corrected chi connectivity index (χ0v) is 9.96. The lowest BCUT2D eigenvalue weighted by atomic mass is 10.0. The van der Waals surface area contributed by atoms with Crippen LogP contribution in [0.15, 0.2) is 36.4 Å². The summed E-state index contributed by atoms with van der Waals surface area (Å²) < 4.78 is 0. The van der Waals surface area contributed by atoms with E-state index in [-0.39, 0.29) is 33.0 Å². The van der Waals surface area contributed by atoms with Gasteiger partial charge in [-0.1, -0.05) is 12.1 Å². The largest absolute Gasteiger partial charge is 0.872 e. The Hall–Kier alpha value is -2.52. The Morgan fingerprint density at radius 1 is 0.650 bits per heavy atom. The normalized spacial score (nSPS) is 10.4. The highest BCUT2D eigenvalue weighted by molar-refractivity contribution is 5.79. The maximum Gasteiger partial charge on any atom is 0.0948 e. The number of hydrogen-bond donors (Lipinski definition) is 4. The van der Waals surface area contributed by atoms with Crippen molar-refractivity contribution in [1.82, 2.24) is 0 Å².